The number of nitrogens with zero attached hydrogens (tertiary/aromatic N) is 2. The molecule has 2 aromatic rings. The summed E-state index contributed by atoms with van der Waals surface area (Å²) in [6, 6.07) is 6.05. The highest BCUT2D eigenvalue weighted by Crippen LogP contribution is 2.24. The van der Waals surface area contributed by atoms with Crippen molar-refractivity contribution >= 4 is 17.3 Å². The van der Waals surface area contributed by atoms with Crippen molar-refractivity contribution in [2.75, 3.05) is 11.1 Å². The Labute approximate surface area is 148 Å². The summed E-state index contributed by atoms with van der Waals surface area (Å²) in [6.07, 6.45) is 2.97. The van der Waals surface area contributed by atoms with Crippen LogP contribution in [0.15, 0.2) is 36.8 Å². The highest BCUT2D eigenvalue weighted by atomic mass is 15.1. The Kier molecular flexibility index (Phi) is 5.75. The predicted octanol–water partition coefficient (Wildman–Crippen LogP) is 3.01. The molecule has 6 N–H and O–H groups in total. The number of aryl methyl sites for hydroxylation is 1. The number of rotatable bonds is 7. The van der Waals surface area contributed by atoms with Crippen molar-refractivity contribution in [3.63, 3.8) is 0 Å². The maximum absolute atomic E-state index is 8.62. The van der Waals surface area contributed by atoms with Gasteiger partial charge in [0.15, 0.2) is 0 Å². The van der Waals surface area contributed by atoms with E-state index in [1.165, 1.54) is 6.33 Å². The minimum absolute atomic E-state index is 0.223. The number of nitrogens with two attached hydrogens (primary N) is 2. The van der Waals surface area contributed by atoms with Crippen LogP contribution in [0, 0.1) is 12.3 Å². The van der Waals surface area contributed by atoms with Crippen LogP contribution in [0.25, 0.3) is 0 Å². The summed E-state index contributed by atoms with van der Waals surface area (Å²) in [6.45, 7) is 9.89. The molecule has 0 amide bonds. The first-order valence-corrected chi connectivity index (χ1v) is 8.32. The maximum Gasteiger partial charge on any atom is 0.141 e. The summed E-state index contributed by atoms with van der Waals surface area (Å²) in [5.74, 6) is 0.881. The van der Waals surface area contributed by atoms with E-state index < -0.39 is 0 Å². The molecule has 0 radical (unpaired) electrons. The van der Waals surface area contributed by atoms with Crippen LogP contribution in [0.5, 0.6) is 0 Å². The van der Waals surface area contributed by atoms with Crippen LogP contribution in [-0.2, 0) is 6.42 Å². The number of nitrogens with one attached hydrogen (secondary N) is 2. The van der Waals surface area contributed by atoms with Crippen molar-refractivity contribution in [1.82, 2.24) is 9.97 Å². The Morgan fingerprint density at radius 3 is 2.68 bits per heavy atom. The van der Waals surface area contributed by atoms with Crippen molar-refractivity contribution in [3.05, 3.63) is 59.1 Å². The van der Waals surface area contributed by atoms with Crippen LogP contribution in [0.4, 0.5) is 11.6 Å². The zero-order valence-electron chi connectivity index (χ0n) is 15.1. The summed E-state index contributed by atoms with van der Waals surface area (Å²) in [5.41, 5.74) is 16.1. The molecule has 1 aromatic heterocycles. The topological polar surface area (TPSA) is 114 Å². The van der Waals surface area contributed by atoms with E-state index in [1.807, 2.05) is 25.1 Å². The number of hydrogen-bond acceptors (Lipinski definition) is 6. The Balaban J connectivity index is 2.41. The van der Waals surface area contributed by atoms with Gasteiger partial charge < -0.3 is 16.8 Å². The quantitative estimate of drug-likeness (QED) is 0.580. The Bertz CT molecular complexity index is 796. The van der Waals surface area contributed by atoms with E-state index >= 15 is 0 Å². The van der Waals surface area contributed by atoms with Crippen LogP contribution >= 0.6 is 0 Å². The van der Waals surface area contributed by atoms with E-state index in [2.05, 4.69) is 35.7 Å². The van der Waals surface area contributed by atoms with Crippen molar-refractivity contribution < 1.29 is 0 Å². The lowest BCUT2D eigenvalue weighted by Gasteiger charge is -2.17. The van der Waals surface area contributed by atoms with E-state index in [0.717, 1.165) is 23.1 Å². The number of benzene rings is 1. The molecule has 1 aromatic carbocycles. The molecular weight excluding hydrogens is 312 g/mol. The summed E-state index contributed by atoms with van der Waals surface area (Å²) in [7, 11) is 0. The van der Waals surface area contributed by atoms with Gasteiger partial charge >= 0.3 is 0 Å². The molecule has 25 heavy (non-hydrogen) atoms. The normalized spacial score (nSPS) is 11.8. The SMILES string of the molecule is C=C(N)Cc1ccc(C(=N)c2c(N)ncnc2NC(C)CC)cc1C. The maximum atomic E-state index is 8.62. The van der Waals surface area contributed by atoms with Gasteiger partial charge in [0.25, 0.3) is 0 Å². The van der Waals surface area contributed by atoms with Gasteiger partial charge in [0.05, 0.1) is 11.3 Å². The molecule has 1 heterocycles. The number of allylic oxidation sites excluding steroid dienone is 1. The van der Waals surface area contributed by atoms with Crippen LogP contribution in [0.2, 0.25) is 0 Å². The molecule has 2 rings (SSSR count). The van der Waals surface area contributed by atoms with Gasteiger partial charge in [-0.1, -0.05) is 25.6 Å². The highest BCUT2D eigenvalue weighted by Gasteiger charge is 2.17. The highest BCUT2D eigenvalue weighted by molar-refractivity contribution is 6.16. The number of anilines is 2. The Morgan fingerprint density at radius 1 is 1.36 bits per heavy atom. The average Bonchev–Trinajstić information content (AvgIpc) is 2.56. The Morgan fingerprint density at radius 2 is 2.08 bits per heavy atom. The molecular formula is C19H26N6. The summed E-state index contributed by atoms with van der Waals surface area (Å²) in [4.78, 5) is 8.34. The van der Waals surface area contributed by atoms with E-state index in [9.17, 15) is 0 Å². The second kappa shape index (κ2) is 7.79. The third-order valence-electron chi connectivity index (χ3n) is 4.17. The van der Waals surface area contributed by atoms with Crippen molar-refractivity contribution in [1.29, 1.82) is 5.41 Å². The molecule has 0 aliphatic carbocycles. The lowest BCUT2D eigenvalue weighted by Crippen LogP contribution is -2.19. The van der Waals surface area contributed by atoms with Gasteiger partial charge in [0, 0.05) is 23.7 Å². The number of aromatic nitrogens is 2. The fourth-order valence-electron chi connectivity index (χ4n) is 2.53. The number of nitrogen functional groups attached to an aromatic ring is 1. The minimum Gasteiger partial charge on any atom is -0.402 e. The zero-order valence-corrected chi connectivity index (χ0v) is 15.1. The molecule has 132 valence electrons. The largest absolute Gasteiger partial charge is 0.402 e. The standard InChI is InChI=1S/C19H26N6/c1-5-13(4)25-19-16(18(22)23-10-24-19)17(21)15-7-6-14(9-12(3)20)11(2)8-15/h6-8,10,13,21H,3,5,9,20H2,1-2,4H3,(H3,22,23,24,25). The third kappa shape index (κ3) is 4.35. The van der Waals surface area contributed by atoms with E-state index in [0.29, 0.717) is 35.0 Å². The predicted molar refractivity (Wildman–Crippen MR) is 104 cm³/mol. The summed E-state index contributed by atoms with van der Waals surface area (Å²) < 4.78 is 0. The summed E-state index contributed by atoms with van der Waals surface area (Å²) >= 11 is 0. The van der Waals surface area contributed by atoms with E-state index in [4.69, 9.17) is 16.9 Å². The molecule has 0 aliphatic heterocycles. The molecule has 6 nitrogen and oxygen atoms in total. The van der Waals surface area contributed by atoms with Gasteiger partial charge in [0.1, 0.15) is 18.0 Å². The van der Waals surface area contributed by atoms with Gasteiger partial charge in [-0.3, -0.25) is 5.41 Å². The first-order valence-electron chi connectivity index (χ1n) is 8.32. The van der Waals surface area contributed by atoms with Crippen LogP contribution in [0.3, 0.4) is 0 Å². The molecule has 0 saturated carbocycles. The first kappa shape index (κ1) is 18.4. The molecule has 0 aliphatic rings. The second-order valence-corrected chi connectivity index (χ2v) is 6.29. The lowest BCUT2D eigenvalue weighted by atomic mass is 9.96. The molecule has 0 fully saturated rings. The molecule has 0 bridgehead atoms. The monoisotopic (exact) mass is 338 g/mol. The smallest absolute Gasteiger partial charge is 0.141 e. The fourth-order valence-corrected chi connectivity index (χ4v) is 2.53. The third-order valence-corrected chi connectivity index (χ3v) is 4.17. The van der Waals surface area contributed by atoms with Gasteiger partial charge in [-0.25, -0.2) is 9.97 Å². The van der Waals surface area contributed by atoms with Gasteiger partial charge in [-0.2, -0.15) is 0 Å². The summed E-state index contributed by atoms with van der Waals surface area (Å²) in [5, 5.41) is 11.9. The minimum atomic E-state index is 0.223. The van der Waals surface area contributed by atoms with Crippen molar-refractivity contribution in [3.8, 4) is 0 Å². The molecule has 1 atom stereocenters. The van der Waals surface area contributed by atoms with E-state index in [1.54, 1.807) is 0 Å². The van der Waals surface area contributed by atoms with Gasteiger partial charge in [0.2, 0.25) is 0 Å². The van der Waals surface area contributed by atoms with Crippen LogP contribution < -0.4 is 16.8 Å². The van der Waals surface area contributed by atoms with E-state index in [-0.39, 0.29) is 6.04 Å². The number of hydrogen-bond donors (Lipinski definition) is 4. The molecule has 6 heteroatoms. The van der Waals surface area contributed by atoms with Crippen molar-refractivity contribution in [2.45, 2.75) is 39.7 Å². The lowest BCUT2D eigenvalue weighted by molar-refractivity contribution is 0.758. The van der Waals surface area contributed by atoms with Gasteiger partial charge in [-0.15, -0.1) is 0 Å². The Hall–Kier alpha value is -2.89. The first-order chi connectivity index (χ1) is 11.8. The zero-order chi connectivity index (χ0) is 18.6. The fraction of sp³-hybridized carbons (Fsp3) is 0.316. The van der Waals surface area contributed by atoms with Crippen LogP contribution in [-0.4, -0.2) is 21.7 Å². The molecule has 0 spiro atoms. The average molecular weight is 338 g/mol. The molecule has 0 saturated heterocycles. The van der Waals surface area contributed by atoms with Crippen LogP contribution in [0.1, 0.15) is 42.5 Å². The second-order valence-electron chi connectivity index (χ2n) is 6.29. The molecule has 1 unspecified atom stereocenters. The van der Waals surface area contributed by atoms with Gasteiger partial charge in [-0.05, 0) is 37.5 Å². The van der Waals surface area contributed by atoms with Crippen molar-refractivity contribution in [2.24, 2.45) is 5.73 Å².